The minimum absolute atomic E-state index is 0.134. The summed E-state index contributed by atoms with van der Waals surface area (Å²) in [4.78, 5) is 0. The second kappa shape index (κ2) is 6.93. The minimum atomic E-state index is -0.423. The molecule has 0 amide bonds. The van der Waals surface area contributed by atoms with Gasteiger partial charge in [-0.15, -0.1) is 10.2 Å². The number of nitriles is 1. The fourth-order valence-electron chi connectivity index (χ4n) is 3.62. The van der Waals surface area contributed by atoms with E-state index < -0.39 is 6.10 Å². The van der Waals surface area contributed by atoms with Crippen LogP contribution in [0.5, 0.6) is 5.75 Å². The molecular weight excluding hydrogens is 359 g/mol. The molecule has 2 bridgehead atoms. The van der Waals surface area contributed by atoms with E-state index in [0.717, 1.165) is 29.7 Å². The predicted octanol–water partition coefficient (Wildman–Crippen LogP) is 3.10. The predicted molar refractivity (Wildman–Crippen MR) is 101 cm³/mol. The molecule has 1 aromatic carbocycles. The number of halogens is 1. The van der Waals surface area contributed by atoms with Crippen LogP contribution in [0.15, 0.2) is 24.3 Å². The highest BCUT2D eigenvalue weighted by Crippen LogP contribution is 2.34. The van der Waals surface area contributed by atoms with Gasteiger partial charge < -0.3 is 10.5 Å². The number of hydrogen-bond acceptors (Lipinski definition) is 6. The van der Waals surface area contributed by atoms with Crippen LogP contribution >= 0.6 is 0 Å². The fourth-order valence-corrected chi connectivity index (χ4v) is 3.62. The van der Waals surface area contributed by atoms with E-state index in [1.54, 1.807) is 23.9 Å². The van der Waals surface area contributed by atoms with Crippen molar-refractivity contribution in [3.63, 3.8) is 0 Å². The number of anilines is 1. The van der Waals surface area contributed by atoms with E-state index in [9.17, 15) is 9.65 Å². The van der Waals surface area contributed by atoms with Crippen molar-refractivity contribution in [3.05, 3.63) is 52.6 Å². The molecular formula is C20H19FN6O. The lowest BCUT2D eigenvalue weighted by atomic mass is 9.96. The quantitative estimate of drug-likeness (QED) is 0.645. The van der Waals surface area contributed by atoms with Crippen molar-refractivity contribution in [2.45, 2.75) is 32.3 Å². The molecule has 142 valence electrons. The van der Waals surface area contributed by atoms with Gasteiger partial charge in [-0.3, -0.25) is 4.68 Å². The molecule has 0 spiro atoms. The summed E-state index contributed by atoms with van der Waals surface area (Å²) >= 11 is 0. The Morgan fingerprint density at radius 2 is 2.11 bits per heavy atom. The van der Waals surface area contributed by atoms with Gasteiger partial charge in [0.15, 0.2) is 11.6 Å². The summed E-state index contributed by atoms with van der Waals surface area (Å²) in [5.74, 6) is 0.162. The van der Waals surface area contributed by atoms with Gasteiger partial charge >= 0.3 is 0 Å². The number of rotatable bonds is 0. The molecule has 0 saturated heterocycles. The van der Waals surface area contributed by atoms with E-state index >= 15 is 0 Å². The molecule has 0 fully saturated rings. The number of aryl methyl sites for hydroxylation is 3. The maximum absolute atomic E-state index is 13.9. The Bertz CT molecular complexity index is 1100. The first kappa shape index (κ1) is 17.9. The van der Waals surface area contributed by atoms with Crippen LogP contribution in [0.4, 0.5) is 10.2 Å². The summed E-state index contributed by atoms with van der Waals surface area (Å²) < 4.78 is 21.4. The zero-order valence-corrected chi connectivity index (χ0v) is 15.6. The highest BCUT2D eigenvalue weighted by molar-refractivity contribution is 5.70. The molecule has 0 unspecified atom stereocenters. The molecule has 1 aliphatic rings. The third-order valence-corrected chi connectivity index (χ3v) is 4.98. The van der Waals surface area contributed by atoms with Crippen molar-refractivity contribution >= 4 is 5.82 Å². The third-order valence-electron chi connectivity index (χ3n) is 4.98. The average Bonchev–Trinajstić information content (AvgIpc) is 2.99. The summed E-state index contributed by atoms with van der Waals surface area (Å²) in [6, 6.07) is 8.60. The number of nitrogen functional groups attached to an aromatic ring is 1. The van der Waals surface area contributed by atoms with E-state index in [4.69, 9.17) is 10.5 Å². The number of benzene rings is 1. The second-order valence-corrected chi connectivity index (χ2v) is 6.84. The van der Waals surface area contributed by atoms with Crippen LogP contribution in [-0.4, -0.2) is 20.0 Å². The number of nitrogens with two attached hydrogens (primary N) is 1. The second-order valence-electron chi connectivity index (χ2n) is 6.84. The molecule has 0 aliphatic carbocycles. The Balaban J connectivity index is 1.90. The van der Waals surface area contributed by atoms with Crippen LogP contribution in [0.25, 0.3) is 11.3 Å². The molecule has 2 N–H and O–H groups in total. The molecule has 28 heavy (non-hydrogen) atoms. The van der Waals surface area contributed by atoms with E-state index in [1.807, 2.05) is 6.92 Å². The van der Waals surface area contributed by atoms with Gasteiger partial charge in [0.2, 0.25) is 0 Å². The molecule has 7 nitrogen and oxygen atoms in total. The van der Waals surface area contributed by atoms with Crippen molar-refractivity contribution in [2.24, 2.45) is 7.05 Å². The van der Waals surface area contributed by atoms with Gasteiger partial charge in [0, 0.05) is 13.1 Å². The SMILES string of the molecule is C[C@H]1Oc2cc(nnc2N)-c2c(nn(C)c2C#N)CCCc2ccc(F)cc21. The monoisotopic (exact) mass is 378 g/mol. The van der Waals surface area contributed by atoms with Gasteiger partial charge in [0.1, 0.15) is 29.4 Å². The summed E-state index contributed by atoms with van der Waals surface area (Å²) in [6.07, 6.45) is 1.75. The van der Waals surface area contributed by atoms with Crippen LogP contribution in [0.3, 0.4) is 0 Å². The van der Waals surface area contributed by atoms with Gasteiger partial charge in [0.25, 0.3) is 0 Å². The maximum Gasteiger partial charge on any atom is 0.188 e. The molecule has 1 atom stereocenters. The Morgan fingerprint density at radius 3 is 2.89 bits per heavy atom. The van der Waals surface area contributed by atoms with Gasteiger partial charge in [0.05, 0.1) is 11.3 Å². The molecule has 0 radical (unpaired) electrons. The normalized spacial score (nSPS) is 16.0. The average molecular weight is 378 g/mol. The molecule has 4 rings (SSSR count). The van der Waals surface area contributed by atoms with E-state index in [2.05, 4.69) is 21.4 Å². The fraction of sp³-hybridized carbons (Fsp3) is 0.300. The van der Waals surface area contributed by atoms with Crippen LogP contribution < -0.4 is 10.5 Å². The van der Waals surface area contributed by atoms with Crippen LogP contribution in [-0.2, 0) is 19.9 Å². The number of hydrogen-bond donors (Lipinski definition) is 1. The molecule has 1 aliphatic heterocycles. The van der Waals surface area contributed by atoms with Crippen molar-refractivity contribution in [3.8, 4) is 23.1 Å². The Morgan fingerprint density at radius 1 is 1.29 bits per heavy atom. The van der Waals surface area contributed by atoms with E-state index in [-0.39, 0.29) is 11.6 Å². The highest BCUT2D eigenvalue weighted by Gasteiger charge is 2.23. The first-order chi connectivity index (χ1) is 13.5. The molecule has 8 heteroatoms. The first-order valence-corrected chi connectivity index (χ1v) is 9.02. The number of aromatic nitrogens is 4. The zero-order chi connectivity index (χ0) is 19.8. The lowest BCUT2D eigenvalue weighted by Crippen LogP contribution is -2.11. The van der Waals surface area contributed by atoms with Crippen molar-refractivity contribution in [1.82, 2.24) is 20.0 Å². The van der Waals surface area contributed by atoms with Crippen molar-refractivity contribution in [1.29, 1.82) is 5.26 Å². The molecule has 2 aromatic heterocycles. The Kier molecular flexibility index (Phi) is 4.43. The molecule has 0 saturated carbocycles. The van der Waals surface area contributed by atoms with Gasteiger partial charge in [-0.1, -0.05) is 6.07 Å². The van der Waals surface area contributed by atoms with E-state index in [0.29, 0.717) is 29.1 Å². The maximum atomic E-state index is 13.9. The number of ether oxygens (including phenoxy) is 1. The summed E-state index contributed by atoms with van der Waals surface area (Å²) in [5.41, 5.74) is 10.1. The lowest BCUT2D eigenvalue weighted by molar-refractivity contribution is 0.225. The number of nitrogens with zero attached hydrogens (tertiary/aromatic N) is 5. The Labute approximate surface area is 161 Å². The third kappa shape index (κ3) is 3.05. The van der Waals surface area contributed by atoms with Crippen LogP contribution in [0.2, 0.25) is 0 Å². The molecule has 3 aromatic rings. The summed E-state index contributed by atoms with van der Waals surface area (Å²) in [7, 11) is 1.73. The number of fused-ring (bicyclic) bond motifs is 5. The standard InChI is InChI=1S/C20H19FN6O/c1-11-14-8-13(21)7-6-12(14)4-3-5-15-19(17(10-22)27(2)26-15)16-9-18(28-11)20(23)25-24-16/h6-9,11H,3-5H2,1-2H3,(H2,23,25)/t11-/m1/s1. The van der Waals surface area contributed by atoms with E-state index in [1.165, 1.54) is 12.1 Å². The molecule has 3 heterocycles. The topological polar surface area (TPSA) is 103 Å². The highest BCUT2D eigenvalue weighted by atomic mass is 19.1. The zero-order valence-electron chi connectivity index (χ0n) is 15.6. The van der Waals surface area contributed by atoms with Crippen molar-refractivity contribution in [2.75, 3.05) is 5.73 Å². The summed E-state index contributed by atoms with van der Waals surface area (Å²) in [5, 5.41) is 22.3. The van der Waals surface area contributed by atoms with Gasteiger partial charge in [-0.25, -0.2) is 4.39 Å². The largest absolute Gasteiger partial charge is 0.482 e. The van der Waals surface area contributed by atoms with Crippen LogP contribution in [0, 0.1) is 17.1 Å². The first-order valence-electron chi connectivity index (χ1n) is 9.02. The van der Waals surface area contributed by atoms with Crippen LogP contribution in [0.1, 0.15) is 42.0 Å². The van der Waals surface area contributed by atoms with Gasteiger partial charge in [-0.05, 0) is 49.4 Å². The minimum Gasteiger partial charge on any atom is -0.482 e. The lowest BCUT2D eigenvalue weighted by Gasteiger charge is -2.20. The van der Waals surface area contributed by atoms with Crippen molar-refractivity contribution < 1.29 is 9.13 Å². The smallest absolute Gasteiger partial charge is 0.188 e. The Hall–Kier alpha value is -3.47. The summed E-state index contributed by atoms with van der Waals surface area (Å²) in [6.45, 7) is 1.85. The van der Waals surface area contributed by atoms with Gasteiger partial charge in [-0.2, -0.15) is 10.4 Å².